The zero-order chi connectivity index (χ0) is 23.1. The van der Waals surface area contributed by atoms with Gasteiger partial charge in [-0.2, -0.15) is 0 Å². The van der Waals surface area contributed by atoms with Crippen LogP contribution in [-0.2, 0) is 0 Å². The van der Waals surface area contributed by atoms with Gasteiger partial charge in [-0.15, -0.1) is 0 Å². The Bertz CT molecular complexity index is 1170. The van der Waals surface area contributed by atoms with E-state index in [1.807, 2.05) is 19.9 Å². The van der Waals surface area contributed by atoms with Crippen LogP contribution < -0.4 is 25.4 Å². The molecule has 0 aromatic heterocycles. The van der Waals surface area contributed by atoms with Crippen LogP contribution in [0.1, 0.15) is 32.0 Å². The van der Waals surface area contributed by atoms with Gasteiger partial charge in [0.25, 0.3) is 0 Å². The van der Waals surface area contributed by atoms with Crippen LogP contribution in [0.15, 0.2) is 109 Å². The predicted octanol–water partition coefficient (Wildman–Crippen LogP) is 7.09. The summed E-state index contributed by atoms with van der Waals surface area (Å²) >= 11 is 4.58. The molecule has 0 radical (unpaired) electrons. The molecule has 1 atom stereocenters. The molecule has 0 aliphatic carbocycles. The average Bonchev–Trinajstić information content (AvgIpc) is 3.17. The Morgan fingerprint density at radius 2 is 1.06 bits per heavy atom. The molecule has 2 nitrogen and oxygen atoms in total. The second kappa shape index (κ2) is 8.01. The number of ether oxygens (including phenoxy) is 2. The van der Waals surface area contributed by atoms with Gasteiger partial charge in [-0.25, -0.2) is 0 Å². The normalized spacial score (nSPS) is 16.5. The first-order valence-corrected chi connectivity index (χ1v) is 15.6. The van der Waals surface area contributed by atoms with Gasteiger partial charge in [-0.05, 0) is 0 Å². The first kappa shape index (κ1) is 22.2. The molecule has 0 fully saturated rings. The Hall–Kier alpha value is -2.61. The van der Waals surface area contributed by atoms with Gasteiger partial charge in [0, 0.05) is 0 Å². The molecule has 4 aromatic rings. The number of hydrogen-bond donors (Lipinski definition) is 0. The minimum atomic E-state index is -3.15. The predicted molar refractivity (Wildman–Crippen MR) is 144 cm³/mol. The Balaban J connectivity index is 1.82. The van der Waals surface area contributed by atoms with Crippen molar-refractivity contribution in [2.24, 2.45) is 0 Å². The number of hydrogen-bond acceptors (Lipinski definition) is 2. The van der Waals surface area contributed by atoms with Gasteiger partial charge < -0.3 is 0 Å². The van der Waals surface area contributed by atoms with Gasteiger partial charge in [-0.1, -0.05) is 0 Å². The molecule has 1 heterocycles. The van der Waals surface area contributed by atoms with Crippen LogP contribution in [0.3, 0.4) is 0 Å². The molecule has 0 saturated heterocycles. The summed E-state index contributed by atoms with van der Waals surface area (Å²) < 4.78 is 12.1. The first-order valence-electron chi connectivity index (χ1n) is 11.3. The van der Waals surface area contributed by atoms with Crippen LogP contribution in [0.2, 0.25) is 0 Å². The molecule has 0 saturated carbocycles. The van der Waals surface area contributed by atoms with Gasteiger partial charge >= 0.3 is 205 Å². The van der Waals surface area contributed by atoms with Crippen molar-refractivity contribution in [3.8, 4) is 11.5 Å². The third kappa shape index (κ3) is 3.41. The number of fused-ring (bicyclic) bond motifs is 1. The fraction of sp³-hybridized carbons (Fsp3) is 0.172. The summed E-state index contributed by atoms with van der Waals surface area (Å²) in [5, 5.41) is 0.748. The summed E-state index contributed by atoms with van der Waals surface area (Å²) in [5.41, 5.74) is 1.34. The second-order valence-electron chi connectivity index (χ2n) is 9.07. The number of halogens is 1. The molecule has 4 heteroatoms. The van der Waals surface area contributed by atoms with Crippen LogP contribution >= 0.6 is 20.8 Å². The van der Waals surface area contributed by atoms with Crippen molar-refractivity contribution in [1.82, 2.24) is 0 Å². The van der Waals surface area contributed by atoms with E-state index in [-0.39, 0.29) is 5.66 Å². The second-order valence-corrected chi connectivity index (χ2v) is 18.0. The third-order valence-electron chi connectivity index (χ3n) is 6.67. The third-order valence-corrected chi connectivity index (χ3v) is 17.9. The van der Waals surface area contributed by atoms with Crippen molar-refractivity contribution in [1.29, 1.82) is 0 Å². The quantitative estimate of drug-likeness (QED) is 0.262. The zero-order valence-electron chi connectivity index (χ0n) is 19.1. The topological polar surface area (TPSA) is 18.5 Å². The standard InChI is InChI=1S/C29H28BrO2P/c1-22(23-19-20-27-28(21-23)32-29(2,3)31-27)33(30,24-13-7-4-8-14-24,25-15-9-5-10-16-25)26-17-11-6-12-18-26/h4-22H,1-3H3. The molecule has 168 valence electrons. The van der Waals surface area contributed by atoms with Gasteiger partial charge in [0.05, 0.1) is 0 Å². The van der Waals surface area contributed by atoms with Crippen molar-refractivity contribution >= 4 is 36.7 Å². The van der Waals surface area contributed by atoms with Crippen LogP contribution in [0, 0.1) is 0 Å². The van der Waals surface area contributed by atoms with Gasteiger partial charge in [-0.3, -0.25) is 0 Å². The van der Waals surface area contributed by atoms with Gasteiger partial charge in [0.1, 0.15) is 0 Å². The molecule has 0 amide bonds. The molecular weight excluding hydrogens is 491 g/mol. The summed E-state index contributed by atoms with van der Waals surface area (Å²) in [6.45, 7) is 6.22. The van der Waals surface area contributed by atoms with E-state index in [4.69, 9.17) is 9.47 Å². The van der Waals surface area contributed by atoms with E-state index in [0.29, 0.717) is 0 Å². The Labute approximate surface area is 204 Å². The van der Waals surface area contributed by atoms with Crippen LogP contribution in [0.25, 0.3) is 0 Å². The Kier molecular flexibility index (Phi) is 5.39. The molecule has 0 bridgehead atoms. The molecule has 4 aromatic carbocycles. The summed E-state index contributed by atoms with van der Waals surface area (Å²) in [6, 6.07) is 39.0. The molecule has 0 N–H and O–H groups in total. The van der Waals surface area contributed by atoms with Crippen molar-refractivity contribution in [2.45, 2.75) is 32.2 Å². The fourth-order valence-corrected chi connectivity index (χ4v) is 13.1. The van der Waals surface area contributed by atoms with Crippen molar-refractivity contribution in [3.05, 3.63) is 115 Å². The summed E-state index contributed by atoms with van der Waals surface area (Å²) in [7, 11) is 0. The summed E-state index contributed by atoms with van der Waals surface area (Å²) in [4.78, 5) is 0. The van der Waals surface area contributed by atoms with E-state index in [0.717, 1.165) is 11.5 Å². The zero-order valence-corrected chi connectivity index (χ0v) is 21.6. The molecule has 1 unspecified atom stereocenters. The SMILES string of the molecule is CC(c1ccc2c(c1)OC(C)(C)O2)P(Br)(c1ccccc1)(c1ccccc1)c1ccccc1. The summed E-state index contributed by atoms with van der Waals surface area (Å²) in [6.07, 6.45) is 0. The molecule has 0 spiro atoms. The van der Waals surface area contributed by atoms with Crippen LogP contribution in [-0.4, -0.2) is 5.79 Å². The van der Waals surface area contributed by atoms with Gasteiger partial charge in [0.2, 0.25) is 0 Å². The fourth-order valence-electron chi connectivity index (χ4n) is 5.06. The van der Waals surface area contributed by atoms with Crippen LogP contribution in [0.5, 0.6) is 11.5 Å². The van der Waals surface area contributed by atoms with E-state index < -0.39 is 11.1 Å². The average molecular weight is 519 g/mol. The maximum absolute atomic E-state index is 6.12. The van der Waals surface area contributed by atoms with E-state index in [1.54, 1.807) is 0 Å². The first-order chi connectivity index (χ1) is 15.8. The molecular formula is C29H28BrO2P. The Morgan fingerprint density at radius 3 is 1.52 bits per heavy atom. The monoisotopic (exact) mass is 518 g/mol. The molecule has 5 rings (SSSR count). The van der Waals surface area contributed by atoms with E-state index in [2.05, 4.69) is 126 Å². The number of benzene rings is 4. The molecule has 1 aliphatic rings. The minimum absolute atomic E-state index is 0.126. The van der Waals surface area contributed by atoms with Gasteiger partial charge in [0.15, 0.2) is 0 Å². The summed E-state index contributed by atoms with van der Waals surface area (Å²) in [5.74, 6) is 0.948. The van der Waals surface area contributed by atoms with Crippen LogP contribution in [0.4, 0.5) is 0 Å². The van der Waals surface area contributed by atoms with E-state index in [9.17, 15) is 0 Å². The van der Waals surface area contributed by atoms with Crippen molar-refractivity contribution < 1.29 is 9.47 Å². The Morgan fingerprint density at radius 1 is 0.636 bits per heavy atom. The van der Waals surface area contributed by atoms with E-state index in [1.165, 1.54) is 21.5 Å². The van der Waals surface area contributed by atoms with Crippen molar-refractivity contribution in [2.75, 3.05) is 0 Å². The maximum atomic E-state index is 6.12. The molecule has 33 heavy (non-hydrogen) atoms. The van der Waals surface area contributed by atoms with Crippen molar-refractivity contribution in [3.63, 3.8) is 0 Å². The molecule has 1 aliphatic heterocycles. The number of rotatable bonds is 5. The van der Waals surface area contributed by atoms with E-state index >= 15 is 0 Å².